The van der Waals surface area contributed by atoms with Gasteiger partial charge in [0.1, 0.15) is 0 Å². The smallest absolute Gasteiger partial charge is 0.314 e. The number of benzene rings is 4. The topological polar surface area (TPSA) is 66.6 Å². The number of aliphatic carboxylic acids is 1. The molecular weight excluding hydrogens is 508 g/mol. The van der Waals surface area contributed by atoms with Crippen LogP contribution in [0.2, 0.25) is 0 Å². The van der Waals surface area contributed by atoms with E-state index in [-0.39, 0.29) is 0 Å². The number of carbonyl (C=O) groups is 1. The quantitative estimate of drug-likeness (QED) is 0.206. The second kappa shape index (κ2) is 10.8. The van der Waals surface area contributed by atoms with Crippen molar-refractivity contribution in [2.45, 2.75) is 38.1 Å². The van der Waals surface area contributed by atoms with E-state index in [1.165, 1.54) is 22.3 Å². The fourth-order valence-electron chi connectivity index (χ4n) is 5.70. The average molecular weight is 543 g/mol. The van der Waals surface area contributed by atoms with Gasteiger partial charge in [0, 0.05) is 24.1 Å². The summed E-state index contributed by atoms with van der Waals surface area (Å²) in [5, 5.41) is 13.9. The maximum Gasteiger partial charge on any atom is 0.314 e. The summed E-state index contributed by atoms with van der Waals surface area (Å²) in [5.41, 5.74) is 10.3. The molecule has 1 heterocycles. The molecular formula is C36H34N2O3. The van der Waals surface area contributed by atoms with Crippen molar-refractivity contribution < 1.29 is 14.4 Å². The SMILES string of the molecule is Cc1noc(-c2ccc(-c3ccc(C4(C(=O)O)CC4)cc3)cc2)c1Cc1cccc(-c2ccccc2CN(C)C)c1. The molecule has 6 rings (SSSR count). The first-order valence-electron chi connectivity index (χ1n) is 14.1. The fourth-order valence-corrected chi connectivity index (χ4v) is 5.70. The maximum absolute atomic E-state index is 11.7. The summed E-state index contributed by atoms with van der Waals surface area (Å²) in [6, 6.07) is 33.6. The first-order valence-corrected chi connectivity index (χ1v) is 14.1. The van der Waals surface area contributed by atoms with Crippen molar-refractivity contribution in [3.8, 4) is 33.6 Å². The molecule has 41 heavy (non-hydrogen) atoms. The monoisotopic (exact) mass is 542 g/mol. The Morgan fingerprint density at radius 3 is 2.17 bits per heavy atom. The molecule has 1 fully saturated rings. The van der Waals surface area contributed by atoms with E-state index in [0.717, 1.165) is 52.2 Å². The number of aromatic nitrogens is 1. The minimum absolute atomic E-state index is 0.682. The van der Waals surface area contributed by atoms with Gasteiger partial charge in [-0.2, -0.15) is 0 Å². The Bertz CT molecular complexity index is 1690. The van der Waals surface area contributed by atoms with Crippen molar-refractivity contribution in [2.75, 3.05) is 14.1 Å². The van der Waals surface area contributed by atoms with Crippen LogP contribution in [0.4, 0.5) is 0 Å². The van der Waals surface area contributed by atoms with E-state index in [0.29, 0.717) is 12.8 Å². The number of hydrogen-bond acceptors (Lipinski definition) is 4. The lowest BCUT2D eigenvalue weighted by Gasteiger charge is -2.15. The van der Waals surface area contributed by atoms with Crippen LogP contribution in [0.3, 0.4) is 0 Å². The number of aryl methyl sites for hydroxylation is 1. The third kappa shape index (κ3) is 5.33. The van der Waals surface area contributed by atoms with Gasteiger partial charge in [-0.1, -0.05) is 102 Å². The molecule has 0 bridgehead atoms. The number of nitrogens with zero attached hydrogens (tertiary/aromatic N) is 2. The Balaban J connectivity index is 1.24. The van der Waals surface area contributed by atoms with E-state index >= 15 is 0 Å². The highest BCUT2D eigenvalue weighted by Crippen LogP contribution is 2.48. The van der Waals surface area contributed by atoms with E-state index in [4.69, 9.17) is 4.52 Å². The van der Waals surface area contributed by atoms with Gasteiger partial charge in [0.2, 0.25) is 0 Å². The molecule has 0 radical (unpaired) electrons. The molecule has 1 N–H and O–H groups in total. The molecule has 0 aliphatic heterocycles. The average Bonchev–Trinajstić information content (AvgIpc) is 3.72. The summed E-state index contributed by atoms with van der Waals surface area (Å²) in [5.74, 6) is 0.0635. The molecule has 1 aliphatic rings. The second-order valence-electron chi connectivity index (χ2n) is 11.4. The molecule has 5 heteroatoms. The fraction of sp³-hybridized carbons (Fsp3) is 0.222. The van der Waals surface area contributed by atoms with Gasteiger partial charge in [0.15, 0.2) is 5.76 Å². The molecule has 0 saturated heterocycles. The lowest BCUT2D eigenvalue weighted by molar-refractivity contribution is -0.140. The second-order valence-corrected chi connectivity index (χ2v) is 11.4. The molecule has 5 aromatic rings. The van der Waals surface area contributed by atoms with Crippen LogP contribution < -0.4 is 0 Å². The normalized spacial score (nSPS) is 13.9. The molecule has 1 aromatic heterocycles. The van der Waals surface area contributed by atoms with Gasteiger partial charge in [-0.15, -0.1) is 0 Å². The summed E-state index contributed by atoms with van der Waals surface area (Å²) in [6.45, 7) is 2.89. The minimum Gasteiger partial charge on any atom is -0.481 e. The van der Waals surface area contributed by atoms with Gasteiger partial charge >= 0.3 is 5.97 Å². The number of carboxylic acids is 1. The molecule has 1 aliphatic carbocycles. The molecule has 206 valence electrons. The number of carboxylic acid groups (broad SMARTS) is 1. The number of rotatable bonds is 9. The molecule has 4 aromatic carbocycles. The van der Waals surface area contributed by atoms with Crippen LogP contribution in [0.5, 0.6) is 0 Å². The van der Waals surface area contributed by atoms with Crippen LogP contribution in [0.1, 0.15) is 40.8 Å². The van der Waals surface area contributed by atoms with E-state index in [9.17, 15) is 9.90 Å². The zero-order valence-electron chi connectivity index (χ0n) is 23.7. The van der Waals surface area contributed by atoms with E-state index in [1.807, 2.05) is 31.2 Å². The van der Waals surface area contributed by atoms with Gasteiger partial charge in [-0.05, 0) is 72.8 Å². The van der Waals surface area contributed by atoms with Crippen molar-refractivity contribution in [3.63, 3.8) is 0 Å². The van der Waals surface area contributed by atoms with E-state index in [2.05, 4.69) is 96.9 Å². The van der Waals surface area contributed by atoms with E-state index in [1.54, 1.807) is 0 Å². The molecule has 1 saturated carbocycles. The Hall–Kier alpha value is -4.48. The highest BCUT2D eigenvalue weighted by Gasteiger charge is 2.51. The number of hydrogen-bond donors (Lipinski definition) is 1. The predicted molar refractivity (Wildman–Crippen MR) is 163 cm³/mol. The first-order chi connectivity index (χ1) is 19.8. The van der Waals surface area contributed by atoms with Crippen molar-refractivity contribution in [2.24, 2.45) is 0 Å². The molecule has 0 atom stereocenters. The lowest BCUT2D eigenvalue weighted by atomic mass is 9.93. The van der Waals surface area contributed by atoms with Crippen molar-refractivity contribution in [1.82, 2.24) is 10.1 Å². The minimum atomic E-state index is -0.728. The van der Waals surface area contributed by atoms with Crippen LogP contribution in [0.15, 0.2) is 102 Å². The van der Waals surface area contributed by atoms with Crippen molar-refractivity contribution in [1.29, 1.82) is 0 Å². The van der Waals surface area contributed by atoms with Crippen LogP contribution >= 0.6 is 0 Å². The van der Waals surface area contributed by atoms with Crippen molar-refractivity contribution in [3.05, 3.63) is 125 Å². The predicted octanol–water partition coefficient (Wildman–Crippen LogP) is 7.75. The van der Waals surface area contributed by atoms with Gasteiger partial charge < -0.3 is 14.5 Å². The van der Waals surface area contributed by atoms with Crippen LogP contribution in [0.25, 0.3) is 33.6 Å². The standard InChI is InChI=1S/C36H34N2O3/c1-24-33(22-25-7-6-9-29(21-25)32-10-5-4-8-30(32)23-38(2)3)34(41-37-24)28-13-11-26(12-14-28)27-15-17-31(18-16-27)36(19-20-36)35(39)40/h4-18,21H,19-20,22-23H2,1-3H3,(H,39,40). The van der Waals surface area contributed by atoms with Crippen LogP contribution in [-0.2, 0) is 23.2 Å². The van der Waals surface area contributed by atoms with E-state index < -0.39 is 11.4 Å². The van der Waals surface area contributed by atoms with Crippen molar-refractivity contribution >= 4 is 5.97 Å². The molecule has 5 nitrogen and oxygen atoms in total. The van der Waals surface area contributed by atoms with Gasteiger partial charge in [-0.3, -0.25) is 4.79 Å². The maximum atomic E-state index is 11.7. The third-order valence-electron chi connectivity index (χ3n) is 8.18. The Kier molecular flexibility index (Phi) is 7.06. The lowest BCUT2D eigenvalue weighted by Crippen LogP contribution is -2.19. The van der Waals surface area contributed by atoms with Gasteiger partial charge in [-0.25, -0.2) is 0 Å². The summed E-state index contributed by atoms with van der Waals surface area (Å²) in [7, 11) is 4.19. The summed E-state index contributed by atoms with van der Waals surface area (Å²) in [4.78, 5) is 13.9. The van der Waals surface area contributed by atoms with Crippen LogP contribution in [0, 0.1) is 6.92 Å². The van der Waals surface area contributed by atoms with Crippen LogP contribution in [-0.4, -0.2) is 35.2 Å². The first kappa shape index (κ1) is 26.7. The molecule has 0 amide bonds. The highest BCUT2D eigenvalue weighted by atomic mass is 16.5. The Morgan fingerprint density at radius 2 is 1.51 bits per heavy atom. The largest absolute Gasteiger partial charge is 0.481 e. The Labute approximate surface area is 241 Å². The summed E-state index contributed by atoms with van der Waals surface area (Å²) >= 11 is 0. The third-order valence-corrected chi connectivity index (χ3v) is 8.18. The molecule has 0 unspecified atom stereocenters. The summed E-state index contributed by atoms with van der Waals surface area (Å²) in [6.07, 6.45) is 2.15. The zero-order chi connectivity index (χ0) is 28.6. The zero-order valence-corrected chi connectivity index (χ0v) is 23.7. The highest BCUT2D eigenvalue weighted by molar-refractivity contribution is 5.85. The van der Waals surface area contributed by atoms with Gasteiger partial charge in [0.25, 0.3) is 0 Å². The summed E-state index contributed by atoms with van der Waals surface area (Å²) < 4.78 is 5.85. The van der Waals surface area contributed by atoms with Gasteiger partial charge in [0.05, 0.1) is 11.1 Å². The Morgan fingerprint density at radius 1 is 0.854 bits per heavy atom. The molecule has 0 spiro atoms.